The van der Waals surface area contributed by atoms with E-state index in [4.69, 9.17) is 9.72 Å². The first kappa shape index (κ1) is 21.1. The molecule has 1 N–H and O–H groups in total. The number of anilines is 1. The quantitative estimate of drug-likeness (QED) is 0.830. The van der Waals surface area contributed by atoms with Crippen molar-refractivity contribution in [3.63, 3.8) is 0 Å². The molecule has 2 aromatic rings. The summed E-state index contributed by atoms with van der Waals surface area (Å²) in [6.45, 7) is 11.2. The number of rotatable bonds is 2. The number of carbonyl (C=O) groups is 1. The smallest absolute Gasteiger partial charge is 0.410 e. The first-order valence-electron chi connectivity index (χ1n) is 9.90. The van der Waals surface area contributed by atoms with Crippen LogP contribution >= 0.6 is 0 Å². The molecular formula is C21H30N4O4. The van der Waals surface area contributed by atoms with Crippen molar-refractivity contribution < 1.29 is 14.6 Å². The minimum atomic E-state index is -0.728. The second-order valence-electron chi connectivity index (χ2n) is 8.66. The van der Waals surface area contributed by atoms with Crippen LogP contribution in [-0.4, -0.2) is 57.4 Å². The SMILES string of the molecule is Cc1cc(C(C)O)c2nc(N3CCN(C(=O)OC(C)(C)C)CC3)n(C)c(=O)c2c1. The Morgan fingerprint density at radius 1 is 1.21 bits per heavy atom. The number of hydrogen-bond acceptors (Lipinski definition) is 6. The second-order valence-corrected chi connectivity index (χ2v) is 8.66. The van der Waals surface area contributed by atoms with Crippen molar-refractivity contribution in [2.24, 2.45) is 7.05 Å². The molecule has 2 heterocycles. The van der Waals surface area contributed by atoms with Crippen molar-refractivity contribution in [3.8, 4) is 0 Å². The van der Waals surface area contributed by atoms with Gasteiger partial charge in [-0.2, -0.15) is 0 Å². The fourth-order valence-corrected chi connectivity index (χ4v) is 3.56. The Morgan fingerprint density at radius 3 is 2.38 bits per heavy atom. The number of hydrogen-bond donors (Lipinski definition) is 1. The molecule has 1 aromatic carbocycles. The van der Waals surface area contributed by atoms with E-state index in [0.717, 1.165) is 5.56 Å². The van der Waals surface area contributed by atoms with Gasteiger partial charge in [0.1, 0.15) is 5.60 Å². The number of ether oxygens (including phenoxy) is 1. The molecule has 158 valence electrons. The van der Waals surface area contributed by atoms with Crippen LogP contribution in [0.3, 0.4) is 0 Å². The van der Waals surface area contributed by atoms with Crippen molar-refractivity contribution in [1.29, 1.82) is 0 Å². The van der Waals surface area contributed by atoms with Gasteiger partial charge in [-0.15, -0.1) is 0 Å². The van der Waals surface area contributed by atoms with Crippen molar-refractivity contribution in [2.75, 3.05) is 31.1 Å². The van der Waals surface area contributed by atoms with Crippen LogP contribution in [0.25, 0.3) is 10.9 Å². The lowest BCUT2D eigenvalue weighted by Gasteiger charge is -2.36. The Balaban J connectivity index is 1.91. The van der Waals surface area contributed by atoms with Crippen LogP contribution < -0.4 is 10.5 Å². The van der Waals surface area contributed by atoms with Gasteiger partial charge in [0.25, 0.3) is 5.56 Å². The monoisotopic (exact) mass is 402 g/mol. The fourth-order valence-electron chi connectivity index (χ4n) is 3.56. The number of carbonyl (C=O) groups excluding carboxylic acids is 1. The van der Waals surface area contributed by atoms with E-state index in [0.29, 0.717) is 48.6 Å². The first-order valence-corrected chi connectivity index (χ1v) is 9.90. The largest absolute Gasteiger partial charge is 0.444 e. The molecule has 0 aliphatic carbocycles. The van der Waals surface area contributed by atoms with Crippen molar-refractivity contribution >= 4 is 22.9 Å². The van der Waals surface area contributed by atoms with E-state index >= 15 is 0 Å². The fraction of sp³-hybridized carbons (Fsp3) is 0.571. The number of aromatic nitrogens is 2. The Bertz CT molecular complexity index is 983. The maximum Gasteiger partial charge on any atom is 0.410 e. The van der Waals surface area contributed by atoms with Gasteiger partial charge in [-0.3, -0.25) is 9.36 Å². The van der Waals surface area contributed by atoms with Crippen LogP contribution in [0.1, 0.15) is 44.9 Å². The summed E-state index contributed by atoms with van der Waals surface area (Å²) < 4.78 is 6.98. The molecule has 1 fully saturated rings. The molecule has 1 atom stereocenters. The van der Waals surface area contributed by atoms with Gasteiger partial charge in [0.05, 0.1) is 17.0 Å². The molecule has 8 nitrogen and oxygen atoms in total. The zero-order valence-electron chi connectivity index (χ0n) is 18.0. The lowest BCUT2D eigenvalue weighted by molar-refractivity contribution is 0.0240. The zero-order valence-corrected chi connectivity index (χ0v) is 18.0. The summed E-state index contributed by atoms with van der Waals surface area (Å²) in [6.07, 6.45) is -1.06. The lowest BCUT2D eigenvalue weighted by atomic mass is 10.0. The van der Waals surface area contributed by atoms with Crippen LogP contribution in [0.15, 0.2) is 16.9 Å². The molecular weight excluding hydrogens is 372 g/mol. The Kier molecular flexibility index (Phi) is 5.58. The zero-order chi connectivity index (χ0) is 21.5. The van der Waals surface area contributed by atoms with Gasteiger partial charge >= 0.3 is 6.09 Å². The third kappa shape index (κ3) is 4.37. The lowest BCUT2D eigenvalue weighted by Crippen LogP contribution is -2.51. The molecule has 1 aliphatic rings. The molecule has 1 unspecified atom stereocenters. The summed E-state index contributed by atoms with van der Waals surface area (Å²) in [4.78, 5) is 33.7. The molecule has 1 aromatic heterocycles. The summed E-state index contributed by atoms with van der Waals surface area (Å²) in [5, 5.41) is 10.7. The summed E-state index contributed by atoms with van der Waals surface area (Å²) >= 11 is 0. The van der Waals surface area contributed by atoms with Gasteiger partial charge < -0.3 is 19.6 Å². The minimum absolute atomic E-state index is 0.148. The highest BCUT2D eigenvalue weighted by atomic mass is 16.6. The van der Waals surface area contributed by atoms with Gasteiger partial charge in [-0.1, -0.05) is 6.07 Å². The van der Waals surface area contributed by atoms with Crippen molar-refractivity contribution in [3.05, 3.63) is 33.6 Å². The predicted octanol–water partition coefficient (Wildman–Crippen LogP) is 2.35. The van der Waals surface area contributed by atoms with E-state index in [1.807, 2.05) is 38.7 Å². The van der Waals surface area contributed by atoms with Gasteiger partial charge in [0.15, 0.2) is 0 Å². The number of fused-ring (bicyclic) bond motifs is 1. The third-order valence-electron chi connectivity index (χ3n) is 4.99. The average Bonchev–Trinajstić information content (AvgIpc) is 2.63. The molecule has 1 aliphatic heterocycles. The number of aliphatic hydroxyl groups excluding tert-OH is 1. The summed E-state index contributed by atoms with van der Waals surface area (Å²) in [5.41, 5.74) is 1.40. The highest BCUT2D eigenvalue weighted by Crippen LogP contribution is 2.25. The highest BCUT2D eigenvalue weighted by molar-refractivity contribution is 5.83. The maximum absolute atomic E-state index is 13.0. The van der Waals surface area contributed by atoms with Crippen LogP contribution in [0.5, 0.6) is 0 Å². The predicted molar refractivity (Wildman–Crippen MR) is 112 cm³/mol. The number of amides is 1. The van der Waals surface area contributed by atoms with Gasteiger partial charge in [-0.05, 0) is 46.2 Å². The van der Waals surface area contributed by atoms with E-state index in [2.05, 4.69) is 0 Å². The van der Waals surface area contributed by atoms with E-state index in [1.165, 1.54) is 4.57 Å². The number of aryl methyl sites for hydroxylation is 1. The Labute approximate surface area is 170 Å². The van der Waals surface area contributed by atoms with E-state index in [-0.39, 0.29) is 11.7 Å². The van der Waals surface area contributed by atoms with E-state index < -0.39 is 11.7 Å². The minimum Gasteiger partial charge on any atom is -0.444 e. The van der Waals surface area contributed by atoms with Gasteiger partial charge in [0, 0.05) is 38.8 Å². The standard InChI is InChI=1S/C21H30N4O4/c1-13-11-15(14(2)26)17-16(12-13)18(27)23(6)19(22-17)24-7-9-25(10-8-24)20(28)29-21(3,4)5/h11-12,14,26H,7-10H2,1-6H3. The normalized spacial score (nSPS) is 16.2. The van der Waals surface area contributed by atoms with E-state index in [9.17, 15) is 14.7 Å². The molecule has 3 rings (SSSR count). The molecule has 0 spiro atoms. The average molecular weight is 402 g/mol. The van der Waals surface area contributed by atoms with Crippen LogP contribution in [0.4, 0.5) is 10.7 Å². The van der Waals surface area contributed by atoms with Gasteiger partial charge in [0.2, 0.25) is 5.95 Å². The Hall–Kier alpha value is -2.61. The van der Waals surface area contributed by atoms with Crippen molar-refractivity contribution in [1.82, 2.24) is 14.5 Å². The number of benzene rings is 1. The maximum atomic E-state index is 13.0. The number of aliphatic hydroxyl groups is 1. The third-order valence-corrected chi connectivity index (χ3v) is 4.99. The first-order chi connectivity index (χ1) is 13.5. The molecule has 1 saturated heterocycles. The summed E-state index contributed by atoms with van der Waals surface area (Å²) in [7, 11) is 1.70. The number of nitrogens with zero attached hydrogens (tertiary/aromatic N) is 4. The second kappa shape index (κ2) is 7.67. The van der Waals surface area contributed by atoms with Gasteiger partial charge in [-0.25, -0.2) is 9.78 Å². The molecule has 29 heavy (non-hydrogen) atoms. The molecule has 8 heteroatoms. The molecule has 0 saturated carbocycles. The molecule has 1 amide bonds. The Morgan fingerprint density at radius 2 is 1.83 bits per heavy atom. The molecule has 0 radical (unpaired) electrons. The summed E-state index contributed by atoms with van der Waals surface area (Å²) in [5.74, 6) is 0.539. The highest BCUT2D eigenvalue weighted by Gasteiger charge is 2.28. The van der Waals surface area contributed by atoms with Crippen LogP contribution in [-0.2, 0) is 11.8 Å². The van der Waals surface area contributed by atoms with Crippen molar-refractivity contribution in [2.45, 2.75) is 46.3 Å². The number of piperazine rings is 1. The van der Waals surface area contributed by atoms with Crippen LogP contribution in [0, 0.1) is 6.92 Å². The van der Waals surface area contributed by atoms with Crippen LogP contribution in [0.2, 0.25) is 0 Å². The topological polar surface area (TPSA) is 87.9 Å². The van der Waals surface area contributed by atoms with E-state index in [1.54, 1.807) is 24.9 Å². The molecule has 0 bridgehead atoms. The summed E-state index contributed by atoms with van der Waals surface area (Å²) in [6, 6.07) is 3.67.